The van der Waals surface area contributed by atoms with Crippen molar-refractivity contribution in [3.8, 4) is 6.07 Å². The first-order chi connectivity index (χ1) is 8.83. The monoisotopic (exact) mass is 239 g/mol. The molecular formula is C15H17N3. The van der Waals surface area contributed by atoms with E-state index >= 15 is 0 Å². The minimum atomic E-state index is 0.714. The van der Waals surface area contributed by atoms with Gasteiger partial charge in [-0.05, 0) is 36.8 Å². The van der Waals surface area contributed by atoms with Gasteiger partial charge < -0.3 is 9.88 Å². The van der Waals surface area contributed by atoms with Crippen LogP contribution in [-0.4, -0.2) is 4.57 Å². The summed E-state index contributed by atoms with van der Waals surface area (Å²) in [7, 11) is 0. The molecule has 0 saturated carbocycles. The Labute approximate surface area is 108 Å². The van der Waals surface area contributed by atoms with Gasteiger partial charge in [0.2, 0.25) is 0 Å². The number of nitrogens with zero attached hydrogens (tertiary/aromatic N) is 2. The van der Waals surface area contributed by atoms with Gasteiger partial charge >= 0.3 is 0 Å². The van der Waals surface area contributed by atoms with Crippen LogP contribution in [0.3, 0.4) is 0 Å². The molecule has 18 heavy (non-hydrogen) atoms. The smallest absolute Gasteiger partial charge is 0.0991 e. The van der Waals surface area contributed by atoms with Gasteiger partial charge in [0.25, 0.3) is 0 Å². The summed E-state index contributed by atoms with van der Waals surface area (Å²) in [6.07, 6.45) is 2.09. The van der Waals surface area contributed by atoms with E-state index in [4.69, 9.17) is 5.26 Å². The Morgan fingerprint density at radius 1 is 1.22 bits per heavy atom. The topological polar surface area (TPSA) is 40.8 Å². The molecule has 1 aromatic carbocycles. The molecule has 2 aromatic rings. The molecule has 0 amide bonds. The molecular weight excluding hydrogens is 222 g/mol. The molecule has 0 aliphatic carbocycles. The number of aromatic nitrogens is 1. The molecule has 0 aliphatic heterocycles. The molecule has 0 saturated heterocycles. The van der Waals surface area contributed by atoms with Crippen LogP contribution < -0.4 is 5.32 Å². The lowest BCUT2D eigenvalue weighted by Crippen LogP contribution is -2.15. The summed E-state index contributed by atoms with van der Waals surface area (Å²) in [5.74, 6) is 0. The highest BCUT2D eigenvalue weighted by atomic mass is 15.0. The largest absolute Gasteiger partial charge is 0.351 e. The molecule has 0 spiro atoms. The summed E-state index contributed by atoms with van der Waals surface area (Å²) >= 11 is 0. The summed E-state index contributed by atoms with van der Waals surface area (Å²) < 4.78 is 2.22. The number of rotatable bonds is 5. The lowest BCUT2D eigenvalue weighted by molar-refractivity contribution is 0.629. The molecule has 0 fully saturated rings. The fourth-order valence-corrected chi connectivity index (χ4v) is 2.00. The van der Waals surface area contributed by atoms with Gasteiger partial charge in [0, 0.05) is 31.5 Å². The lowest BCUT2D eigenvalue weighted by atomic mass is 10.1. The van der Waals surface area contributed by atoms with Gasteiger partial charge in [-0.2, -0.15) is 5.26 Å². The first-order valence-electron chi connectivity index (χ1n) is 6.17. The van der Waals surface area contributed by atoms with E-state index in [0.29, 0.717) is 5.56 Å². The molecule has 92 valence electrons. The Morgan fingerprint density at radius 3 is 2.89 bits per heavy atom. The zero-order chi connectivity index (χ0) is 12.8. The van der Waals surface area contributed by atoms with Gasteiger partial charge in [-0.25, -0.2) is 0 Å². The first kappa shape index (κ1) is 12.4. The molecule has 2 rings (SSSR count). The van der Waals surface area contributed by atoms with Crippen LogP contribution in [0, 0.1) is 11.3 Å². The summed E-state index contributed by atoms with van der Waals surface area (Å²) in [5.41, 5.74) is 3.14. The van der Waals surface area contributed by atoms with Crippen LogP contribution in [-0.2, 0) is 19.6 Å². The minimum Gasteiger partial charge on any atom is -0.351 e. The molecule has 0 aliphatic rings. The van der Waals surface area contributed by atoms with Crippen molar-refractivity contribution in [1.29, 1.82) is 5.26 Å². The molecule has 0 atom stereocenters. The van der Waals surface area contributed by atoms with Crippen molar-refractivity contribution in [2.45, 2.75) is 26.6 Å². The van der Waals surface area contributed by atoms with Crippen LogP contribution in [0.4, 0.5) is 0 Å². The first-order valence-corrected chi connectivity index (χ1v) is 6.17. The maximum absolute atomic E-state index is 8.83. The summed E-state index contributed by atoms with van der Waals surface area (Å²) in [4.78, 5) is 0. The highest BCUT2D eigenvalue weighted by molar-refractivity contribution is 5.32. The van der Waals surface area contributed by atoms with Crippen LogP contribution in [0.15, 0.2) is 42.6 Å². The number of nitriles is 1. The van der Waals surface area contributed by atoms with E-state index in [1.165, 1.54) is 5.69 Å². The molecule has 0 radical (unpaired) electrons. The van der Waals surface area contributed by atoms with E-state index in [2.05, 4.69) is 41.2 Å². The van der Waals surface area contributed by atoms with Crippen molar-refractivity contribution in [2.75, 3.05) is 0 Å². The third-order valence-corrected chi connectivity index (χ3v) is 2.96. The Morgan fingerprint density at radius 2 is 2.11 bits per heavy atom. The van der Waals surface area contributed by atoms with Crippen LogP contribution in [0.25, 0.3) is 0 Å². The van der Waals surface area contributed by atoms with Gasteiger partial charge in [0.15, 0.2) is 0 Å². The van der Waals surface area contributed by atoms with Gasteiger partial charge in [0.05, 0.1) is 11.6 Å². The predicted molar refractivity (Wildman–Crippen MR) is 71.8 cm³/mol. The zero-order valence-electron chi connectivity index (χ0n) is 10.6. The second-order valence-corrected chi connectivity index (χ2v) is 4.20. The third-order valence-electron chi connectivity index (χ3n) is 2.96. The quantitative estimate of drug-likeness (QED) is 0.871. The number of aryl methyl sites for hydroxylation is 1. The SMILES string of the molecule is CCn1cccc1CNCc1cccc(C#N)c1. The fourth-order valence-electron chi connectivity index (χ4n) is 2.00. The maximum Gasteiger partial charge on any atom is 0.0991 e. The zero-order valence-corrected chi connectivity index (χ0v) is 10.6. The van der Waals surface area contributed by atoms with Crippen molar-refractivity contribution in [2.24, 2.45) is 0 Å². The summed E-state index contributed by atoms with van der Waals surface area (Å²) in [6, 6.07) is 14.1. The third kappa shape index (κ3) is 2.99. The van der Waals surface area contributed by atoms with Crippen molar-refractivity contribution in [3.05, 3.63) is 59.4 Å². The normalized spacial score (nSPS) is 10.2. The summed E-state index contributed by atoms with van der Waals surface area (Å²) in [6.45, 7) is 4.76. The maximum atomic E-state index is 8.83. The lowest BCUT2D eigenvalue weighted by Gasteiger charge is -2.08. The number of benzene rings is 1. The molecule has 1 heterocycles. The van der Waals surface area contributed by atoms with E-state index in [1.54, 1.807) is 0 Å². The Hall–Kier alpha value is -2.05. The average molecular weight is 239 g/mol. The number of nitrogens with one attached hydrogen (secondary N) is 1. The van der Waals surface area contributed by atoms with Gasteiger partial charge in [-0.1, -0.05) is 12.1 Å². The van der Waals surface area contributed by atoms with Gasteiger partial charge in [0.1, 0.15) is 0 Å². The van der Waals surface area contributed by atoms with Gasteiger partial charge in [-0.3, -0.25) is 0 Å². The van der Waals surface area contributed by atoms with Crippen molar-refractivity contribution in [1.82, 2.24) is 9.88 Å². The average Bonchev–Trinajstić information content (AvgIpc) is 2.86. The second kappa shape index (κ2) is 6.04. The highest BCUT2D eigenvalue weighted by Crippen LogP contribution is 2.05. The predicted octanol–water partition coefficient (Wildman–Crippen LogP) is 2.67. The molecule has 0 unspecified atom stereocenters. The molecule has 3 heteroatoms. The molecule has 1 N–H and O–H groups in total. The van der Waals surface area contributed by atoms with Crippen LogP contribution >= 0.6 is 0 Å². The van der Waals surface area contributed by atoms with Crippen LogP contribution in [0.5, 0.6) is 0 Å². The van der Waals surface area contributed by atoms with Crippen molar-refractivity contribution in [3.63, 3.8) is 0 Å². The Kier molecular flexibility index (Phi) is 4.16. The van der Waals surface area contributed by atoms with Crippen molar-refractivity contribution < 1.29 is 0 Å². The van der Waals surface area contributed by atoms with Gasteiger partial charge in [-0.15, -0.1) is 0 Å². The van der Waals surface area contributed by atoms with E-state index in [9.17, 15) is 0 Å². The fraction of sp³-hybridized carbons (Fsp3) is 0.267. The molecule has 0 bridgehead atoms. The van der Waals surface area contributed by atoms with Crippen LogP contribution in [0.2, 0.25) is 0 Å². The van der Waals surface area contributed by atoms with E-state index in [1.807, 2.05) is 24.3 Å². The number of hydrogen-bond donors (Lipinski definition) is 1. The molecule has 1 aromatic heterocycles. The summed E-state index contributed by atoms with van der Waals surface area (Å²) in [5, 5.41) is 12.2. The van der Waals surface area contributed by atoms with E-state index in [-0.39, 0.29) is 0 Å². The van der Waals surface area contributed by atoms with E-state index in [0.717, 1.165) is 25.2 Å². The highest BCUT2D eigenvalue weighted by Gasteiger charge is 1.99. The molecule has 3 nitrogen and oxygen atoms in total. The van der Waals surface area contributed by atoms with Crippen LogP contribution in [0.1, 0.15) is 23.7 Å². The minimum absolute atomic E-state index is 0.714. The number of hydrogen-bond acceptors (Lipinski definition) is 2. The van der Waals surface area contributed by atoms with E-state index < -0.39 is 0 Å². The Balaban J connectivity index is 1.90. The van der Waals surface area contributed by atoms with Crippen molar-refractivity contribution >= 4 is 0 Å². The Bertz CT molecular complexity index is 549. The second-order valence-electron chi connectivity index (χ2n) is 4.20. The standard InChI is InChI=1S/C15H17N3/c1-2-18-8-4-7-15(18)12-17-11-14-6-3-5-13(9-14)10-16/h3-9,17H,2,11-12H2,1H3.